The van der Waals surface area contributed by atoms with Gasteiger partial charge in [0.05, 0.1) is 6.10 Å². The largest absolute Gasteiger partial charge is 0.389 e. The van der Waals surface area contributed by atoms with Crippen molar-refractivity contribution in [3.05, 3.63) is 23.9 Å². The lowest BCUT2D eigenvalue weighted by atomic mass is 10.1. The van der Waals surface area contributed by atoms with Gasteiger partial charge < -0.3 is 14.7 Å². The summed E-state index contributed by atoms with van der Waals surface area (Å²) in [5, 5.41) is 9.76. The number of anilines is 1. The van der Waals surface area contributed by atoms with Crippen LogP contribution in [0.25, 0.3) is 0 Å². The van der Waals surface area contributed by atoms with Crippen LogP contribution in [0.1, 0.15) is 31.4 Å². The summed E-state index contributed by atoms with van der Waals surface area (Å²) in [6.45, 7) is 3.40. The molecule has 0 amide bonds. The topological polar surface area (TPSA) is 45.6 Å². The normalized spacial score (nSPS) is 19.0. The summed E-state index contributed by atoms with van der Waals surface area (Å²) in [5.41, 5.74) is 0.890. The molecule has 1 saturated heterocycles. The van der Waals surface area contributed by atoms with Crippen molar-refractivity contribution in [2.75, 3.05) is 25.2 Å². The van der Waals surface area contributed by atoms with E-state index in [2.05, 4.69) is 9.88 Å². The molecule has 0 aliphatic carbocycles. The smallest absolute Gasteiger partial charge is 0.134 e. The molecule has 17 heavy (non-hydrogen) atoms. The van der Waals surface area contributed by atoms with Crippen LogP contribution >= 0.6 is 0 Å². The molecule has 1 unspecified atom stereocenters. The molecule has 1 aromatic rings. The lowest BCUT2D eigenvalue weighted by Crippen LogP contribution is -2.37. The van der Waals surface area contributed by atoms with Crippen molar-refractivity contribution in [3.63, 3.8) is 0 Å². The van der Waals surface area contributed by atoms with Crippen molar-refractivity contribution < 1.29 is 9.84 Å². The van der Waals surface area contributed by atoms with Gasteiger partial charge in [-0.05, 0) is 25.8 Å². The van der Waals surface area contributed by atoms with Gasteiger partial charge in [0.1, 0.15) is 5.82 Å². The van der Waals surface area contributed by atoms with Crippen molar-refractivity contribution >= 4 is 5.82 Å². The van der Waals surface area contributed by atoms with Crippen LogP contribution in [0.2, 0.25) is 0 Å². The van der Waals surface area contributed by atoms with E-state index < -0.39 is 6.10 Å². The Morgan fingerprint density at radius 3 is 2.82 bits per heavy atom. The highest BCUT2D eigenvalue weighted by atomic mass is 16.5. The number of aliphatic hydroxyl groups excluding tert-OH is 1. The van der Waals surface area contributed by atoms with Gasteiger partial charge in [0.2, 0.25) is 0 Å². The van der Waals surface area contributed by atoms with Gasteiger partial charge in [-0.2, -0.15) is 0 Å². The van der Waals surface area contributed by atoms with Crippen LogP contribution in [0.15, 0.2) is 18.3 Å². The summed E-state index contributed by atoms with van der Waals surface area (Å²) >= 11 is 0. The second-order valence-corrected chi connectivity index (χ2v) is 4.55. The molecule has 1 aliphatic rings. The molecule has 0 aromatic carbocycles. The average molecular weight is 236 g/mol. The van der Waals surface area contributed by atoms with Gasteiger partial charge in [0.25, 0.3) is 0 Å². The van der Waals surface area contributed by atoms with Crippen LogP contribution in [0.3, 0.4) is 0 Å². The lowest BCUT2D eigenvalue weighted by Gasteiger charge is -2.33. The van der Waals surface area contributed by atoms with Gasteiger partial charge in [-0.15, -0.1) is 0 Å². The third-order valence-corrected chi connectivity index (χ3v) is 3.34. The number of pyridine rings is 1. The molecule has 0 saturated carbocycles. The molecule has 2 rings (SSSR count). The third-order valence-electron chi connectivity index (χ3n) is 3.34. The zero-order valence-electron chi connectivity index (χ0n) is 10.5. The first-order valence-corrected chi connectivity index (χ1v) is 6.13. The zero-order chi connectivity index (χ0) is 12.3. The highest BCUT2D eigenvalue weighted by Crippen LogP contribution is 2.26. The van der Waals surface area contributed by atoms with Crippen molar-refractivity contribution in [2.24, 2.45) is 0 Å². The van der Waals surface area contributed by atoms with Crippen LogP contribution in [0.5, 0.6) is 0 Å². The molecule has 0 radical (unpaired) electrons. The zero-order valence-corrected chi connectivity index (χ0v) is 10.5. The van der Waals surface area contributed by atoms with Gasteiger partial charge in [0.15, 0.2) is 0 Å². The van der Waals surface area contributed by atoms with E-state index in [0.717, 1.165) is 37.4 Å². The number of rotatable bonds is 3. The predicted octanol–water partition coefficient (Wildman–Crippen LogP) is 1.75. The van der Waals surface area contributed by atoms with E-state index in [9.17, 15) is 5.11 Å². The number of aliphatic hydroxyl groups is 1. The Balaban J connectivity index is 2.20. The second kappa shape index (κ2) is 5.47. The van der Waals surface area contributed by atoms with Crippen molar-refractivity contribution in [1.82, 2.24) is 4.98 Å². The molecule has 94 valence electrons. The monoisotopic (exact) mass is 236 g/mol. The summed E-state index contributed by atoms with van der Waals surface area (Å²) < 4.78 is 5.37. The highest BCUT2D eigenvalue weighted by Gasteiger charge is 2.22. The molecule has 0 bridgehead atoms. The maximum absolute atomic E-state index is 9.76. The third kappa shape index (κ3) is 2.76. The van der Waals surface area contributed by atoms with Gasteiger partial charge in [-0.3, -0.25) is 0 Å². The van der Waals surface area contributed by atoms with Crippen LogP contribution < -0.4 is 4.90 Å². The summed E-state index contributed by atoms with van der Waals surface area (Å²) in [4.78, 5) is 6.57. The van der Waals surface area contributed by atoms with E-state index in [0.29, 0.717) is 6.04 Å². The van der Waals surface area contributed by atoms with Crippen molar-refractivity contribution in [2.45, 2.75) is 31.9 Å². The van der Waals surface area contributed by atoms with Crippen LogP contribution in [0.4, 0.5) is 5.82 Å². The number of hydrogen-bond donors (Lipinski definition) is 1. The standard InChI is InChI=1S/C13H20N2O2/c1-10(16)12-4-3-7-14-13(12)15(2)11-5-8-17-9-6-11/h3-4,7,10-11,16H,5-6,8-9H2,1-2H3. The van der Waals surface area contributed by atoms with Crippen LogP contribution in [-0.2, 0) is 4.74 Å². The first-order chi connectivity index (χ1) is 8.20. The van der Waals surface area contributed by atoms with Gasteiger partial charge in [-0.25, -0.2) is 4.98 Å². The highest BCUT2D eigenvalue weighted by molar-refractivity contribution is 5.48. The van der Waals surface area contributed by atoms with Crippen molar-refractivity contribution in [3.8, 4) is 0 Å². The summed E-state index contributed by atoms with van der Waals surface area (Å²) in [6.07, 6.45) is 3.33. The molecule has 1 N–H and O–H groups in total. The molecule has 4 nitrogen and oxygen atoms in total. The fourth-order valence-corrected chi connectivity index (χ4v) is 2.28. The van der Waals surface area contributed by atoms with E-state index in [1.807, 2.05) is 19.2 Å². The van der Waals surface area contributed by atoms with E-state index >= 15 is 0 Å². The fraction of sp³-hybridized carbons (Fsp3) is 0.615. The van der Waals surface area contributed by atoms with E-state index in [1.165, 1.54) is 0 Å². The van der Waals surface area contributed by atoms with Crippen LogP contribution in [0, 0.1) is 0 Å². The predicted molar refractivity (Wildman–Crippen MR) is 67.1 cm³/mol. The van der Waals surface area contributed by atoms with Crippen LogP contribution in [-0.4, -0.2) is 36.4 Å². The van der Waals surface area contributed by atoms with E-state index in [4.69, 9.17) is 4.74 Å². The number of ether oxygens (including phenoxy) is 1. The summed E-state index contributed by atoms with van der Waals surface area (Å²) in [5.74, 6) is 0.884. The lowest BCUT2D eigenvalue weighted by molar-refractivity contribution is 0.0852. The van der Waals surface area contributed by atoms with Crippen molar-refractivity contribution in [1.29, 1.82) is 0 Å². The molecular formula is C13H20N2O2. The Labute approximate surface area is 102 Å². The Morgan fingerprint density at radius 2 is 2.18 bits per heavy atom. The minimum Gasteiger partial charge on any atom is -0.389 e. The Kier molecular flexibility index (Phi) is 3.97. The Hall–Kier alpha value is -1.13. The SMILES string of the molecule is CC(O)c1cccnc1N(C)C1CCOCC1. The maximum Gasteiger partial charge on any atom is 0.134 e. The molecule has 2 heterocycles. The molecule has 1 fully saturated rings. The first kappa shape index (κ1) is 12.3. The molecular weight excluding hydrogens is 216 g/mol. The molecule has 4 heteroatoms. The quantitative estimate of drug-likeness (QED) is 0.868. The van der Waals surface area contributed by atoms with E-state index in [-0.39, 0.29) is 0 Å². The summed E-state index contributed by atoms with van der Waals surface area (Å²) in [6, 6.07) is 4.25. The first-order valence-electron chi connectivity index (χ1n) is 6.13. The molecule has 0 spiro atoms. The fourth-order valence-electron chi connectivity index (χ4n) is 2.28. The average Bonchev–Trinajstić information content (AvgIpc) is 2.39. The molecule has 1 aromatic heterocycles. The van der Waals surface area contributed by atoms with Gasteiger partial charge >= 0.3 is 0 Å². The van der Waals surface area contributed by atoms with Gasteiger partial charge in [0, 0.05) is 38.1 Å². The van der Waals surface area contributed by atoms with E-state index in [1.54, 1.807) is 13.1 Å². The maximum atomic E-state index is 9.76. The number of hydrogen-bond acceptors (Lipinski definition) is 4. The van der Waals surface area contributed by atoms with Gasteiger partial charge in [-0.1, -0.05) is 6.07 Å². The summed E-state index contributed by atoms with van der Waals surface area (Å²) in [7, 11) is 2.05. The second-order valence-electron chi connectivity index (χ2n) is 4.55. The minimum atomic E-state index is -0.485. The number of nitrogens with zero attached hydrogens (tertiary/aromatic N) is 2. The molecule has 1 aliphatic heterocycles. The Bertz CT molecular complexity index is 362. The Morgan fingerprint density at radius 1 is 1.47 bits per heavy atom. The minimum absolute atomic E-state index is 0.455. The number of aromatic nitrogens is 1. The molecule has 1 atom stereocenters.